The number of carbonyl (C=O) groups is 1. The predicted octanol–water partition coefficient (Wildman–Crippen LogP) is 5.05. The van der Waals surface area contributed by atoms with Crippen LogP contribution < -0.4 is 14.4 Å². The van der Waals surface area contributed by atoms with Crippen LogP contribution in [0.25, 0.3) is 11.0 Å². The first-order valence-electron chi connectivity index (χ1n) is 15.2. The van der Waals surface area contributed by atoms with E-state index < -0.39 is 17.6 Å². The second-order valence-corrected chi connectivity index (χ2v) is 12.6. The van der Waals surface area contributed by atoms with Gasteiger partial charge in [-0.25, -0.2) is 14.2 Å². The number of piperazine rings is 1. The number of fused-ring (bicyclic) bond motifs is 3. The zero-order chi connectivity index (χ0) is 30.9. The molecule has 1 aromatic heterocycles. The van der Waals surface area contributed by atoms with Crippen LogP contribution in [0.15, 0.2) is 54.6 Å². The van der Waals surface area contributed by atoms with E-state index in [1.807, 2.05) is 18.2 Å². The third kappa shape index (κ3) is 4.89. The minimum atomic E-state index is -1.34. The quantitative estimate of drug-likeness (QED) is 0.300. The van der Waals surface area contributed by atoms with Crippen molar-refractivity contribution in [2.45, 2.75) is 50.4 Å². The molecular weight excluding hydrogens is 603 g/mol. The Morgan fingerprint density at radius 1 is 1.11 bits per heavy atom. The highest BCUT2D eigenvalue weighted by Gasteiger charge is 2.46. The van der Waals surface area contributed by atoms with Gasteiger partial charge in [0.05, 0.1) is 72.3 Å². The van der Waals surface area contributed by atoms with Crippen molar-refractivity contribution in [3.05, 3.63) is 82.4 Å². The number of aromatic nitrogens is 2. The van der Waals surface area contributed by atoms with E-state index in [0.717, 1.165) is 42.1 Å². The Labute approximate surface area is 263 Å². The number of ether oxygens (including phenoxy) is 4. The second-order valence-electron chi connectivity index (χ2n) is 12.1. The molecule has 3 aromatic carbocycles. The van der Waals surface area contributed by atoms with Crippen molar-refractivity contribution in [2.24, 2.45) is 0 Å². The van der Waals surface area contributed by atoms with Gasteiger partial charge in [0, 0.05) is 31.6 Å². The van der Waals surface area contributed by atoms with E-state index in [-0.39, 0.29) is 29.3 Å². The fourth-order valence-corrected chi connectivity index (χ4v) is 7.15. The molecule has 0 unspecified atom stereocenters. The lowest BCUT2D eigenvalue weighted by atomic mass is 10.0. The summed E-state index contributed by atoms with van der Waals surface area (Å²) in [5, 5.41) is 9.92. The number of anilines is 1. The molecule has 0 bridgehead atoms. The van der Waals surface area contributed by atoms with Crippen LogP contribution in [0.4, 0.5) is 10.1 Å². The molecule has 0 radical (unpaired) electrons. The Hall–Kier alpha value is -3.90. The van der Waals surface area contributed by atoms with Crippen LogP contribution in [0.2, 0.25) is 5.02 Å². The van der Waals surface area contributed by atoms with E-state index in [1.165, 1.54) is 6.07 Å². The molecule has 4 aliphatic heterocycles. The summed E-state index contributed by atoms with van der Waals surface area (Å²) in [6, 6.07) is 15.5. The molecule has 4 atom stereocenters. The normalized spacial score (nSPS) is 25.8. The van der Waals surface area contributed by atoms with Crippen molar-refractivity contribution >= 4 is 34.3 Å². The van der Waals surface area contributed by atoms with E-state index >= 15 is 0 Å². The van der Waals surface area contributed by atoms with Gasteiger partial charge in [0.15, 0.2) is 11.5 Å². The molecule has 0 spiro atoms. The zero-order valence-corrected chi connectivity index (χ0v) is 25.4. The Bertz CT molecular complexity index is 1810. The van der Waals surface area contributed by atoms with Gasteiger partial charge in [-0.05, 0) is 55.0 Å². The predicted molar refractivity (Wildman–Crippen MR) is 164 cm³/mol. The first-order chi connectivity index (χ1) is 21.8. The number of carboxylic acids is 1. The van der Waals surface area contributed by atoms with Gasteiger partial charge in [-0.3, -0.25) is 4.90 Å². The Morgan fingerprint density at radius 3 is 2.73 bits per heavy atom. The molecule has 3 fully saturated rings. The van der Waals surface area contributed by atoms with Crippen LogP contribution in [0.1, 0.15) is 35.1 Å². The van der Waals surface area contributed by atoms with Crippen molar-refractivity contribution in [3.8, 4) is 11.5 Å². The summed E-state index contributed by atoms with van der Waals surface area (Å²) in [6.45, 7) is 6.21. The number of benzene rings is 3. The number of nitrogens with zero attached hydrogens (tertiary/aromatic N) is 4. The summed E-state index contributed by atoms with van der Waals surface area (Å²) >= 11 is 6.00. The average molecular weight is 635 g/mol. The van der Waals surface area contributed by atoms with Gasteiger partial charge in [-0.15, -0.1) is 0 Å². The minimum Gasteiger partial charge on any atom is -0.478 e. The number of imidazole rings is 1. The van der Waals surface area contributed by atoms with Crippen LogP contribution in [0, 0.1) is 5.82 Å². The molecule has 1 N–H and O–H groups in total. The highest BCUT2D eigenvalue weighted by Crippen LogP contribution is 2.51. The summed E-state index contributed by atoms with van der Waals surface area (Å²) in [4.78, 5) is 21.4. The van der Waals surface area contributed by atoms with Crippen molar-refractivity contribution in [3.63, 3.8) is 0 Å². The molecule has 45 heavy (non-hydrogen) atoms. The summed E-state index contributed by atoms with van der Waals surface area (Å²) in [7, 11) is 0. The molecule has 4 aliphatic rings. The van der Waals surface area contributed by atoms with Gasteiger partial charge in [0.25, 0.3) is 5.79 Å². The summed E-state index contributed by atoms with van der Waals surface area (Å²) < 4.78 is 41.5. The van der Waals surface area contributed by atoms with Crippen LogP contribution in [0.5, 0.6) is 11.5 Å². The molecule has 0 aliphatic carbocycles. The average Bonchev–Trinajstić information content (AvgIpc) is 3.70. The topological polar surface area (TPSA) is 98.5 Å². The van der Waals surface area contributed by atoms with Crippen molar-refractivity contribution in [2.75, 3.05) is 37.8 Å². The molecule has 5 heterocycles. The van der Waals surface area contributed by atoms with E-state index in [2.05, 4.69) is 14.4 Å². The van der Waals surface area contributed by atoms with Crippen LogP contribution in [-0.4, -0.2) is 76.6 Å². The molecule has 8 rings (SSSR count). The first kappa shape index (κ1) is 28.6. The highest BCUT2D eigenvalue weighted by atomic mass is 35.5. The van der Waals surface area contributed by atoms with E-state index in [4.69, 9.17) is 35.5 Å². The molecular formula is C33H32ClFN4O6. The Kier molecular flexibility index (Phi) is 6.90. The fourth-order valence-electron chi connectivity index (χ4n) is 6.99. The van der Waals surface area contributed by atoms with Gasteiger partial charge >= 0.3 is 5.97 Å². The van der Waals surface area contributed by atoms with Gasteiger partial charge in [-0.2, -0.15) is 0 Å². The number of hydrogen-bond donors (Lipinski definition) is 1. The maximum Gasteiger partial charge on any atom is 0.335 e. The molecule has 4 aromatic rings. The van der Waals surface area contributed by atoms with Crippen LogP contribution in [0.3, 0.4) is 0 Å². The standard InChI is InChI=1S/C33H32ClFN4O6/c1-33(22-7-6-20(34)14-23(22)35)44-29-4-2-3-25(31(29)45-33)38-11-10-37(27-17-42-18-28(27)38)16-30-36-24-8-5-19(32(40)41)13-26(24)39(30)15-21-9-12-43-21/h2-8,13-14,21,27-28H,9-12,15-18H2,1H3,(H,40,41)/t21-,27+,28-,33-/m0/s1. The van der Waals surface area contributed by atoms with Gasteiger partial charge in [-0.1, -0.05) is 17.7 Å². The number of aromatic carboxylic acids is 1. The summed E-state index contributed by atoms with van der Waals surface area (Å²) in [6.07, 6.45) is 1.05. The maximum absolute atomic E-state index is 15.0. The van der Waals surface area contributed by atoms with Crippen molar-refractivity contribution < 1.29 is 33.2 Å². The third-order valence-corrected chi connectivity index (χ3v) is 9.64. The molecule has 0 amide bonds. The third-order valence-electron chi connectivity index (χ3n) is 9.41. The van der Waals surface area contributed by atoms with Gasteiger partial charge in [0.1, 0.15) is 11.6 Å². The number of rotatable bonds is 7. The van der Waals surface area contributed by atoms with Crippen LogP contribution in [-0.2, 0) is 28.4 Å². The lowest BCUT2D eigenvalue weighted by Gasteiger charge is -2.44. The van der Waals surface area contributed by atoms with Crippen LogP contribution >= 0.6 is 11.6 Å². The highest BCUT2D eigenvalue weighted by molar-refractivity contribution is 6.30. The zero-order valence-electron chi connectivity index (χ0n) is 24.6. The first-order valence-corrected chi connectivity index (χ1v) is 15.5. The summed E-state index contributed by atoms with van der Waals surface area (Å²) in [5.41, 5.74) is 2.95. The van der Waals surface area contributed by atoms with Gasteiger partial charge < -0.3 is 33.5 Å². The van der Waals surface area contributed by atoms with E-state index in [1.54, 1.807) is 37.3 Å². The monoisotopic (exact) mass is 634 g/mol. The SMILES string of the molecule is C[C@]1(c2ccc(Cl)cc2F)Oc2cccc(N3CCN(Cc4nc5ccc(C(=O)O)cc5n4C[C@@H]4CCO4)[C@@H]4COC[C@@H]43)c2O1. The van der Waals surface area contributed by atoms with Gasteiger partial charge in [0.2, 0.25) is 0 Å². The lowest BCUT2D eigenvalue weighted by Crippen LogP contribution is -2.59. The molecule has 3 saturated heterocycles. The van der Waals surface area contributed by atoms with E-state index in [0.29, 0.717) is 49.4 Å². The lowest BCUT2D eigenvalue weighted by molar-refractivity contribution is -0.0705. The Balaban J connectivity index is 1.07. The minimum absolute atomic E-state index is 0.0411. The molecule has 234 valence electrons. The number of hydrogen-bond acceptors (Lipinski definition) is 8. The molecule has 10 nitrogen and oxygen atoms in total. The largest absolute Gasteiger partial charge is 0.478 e. The van der Waals surface area contributed by atoms with Crippen molar-refractivity contribution in [1.82, 2.24) is 14.5 Å². The number of halogens is 2. The number of carboxylic acid groups (broad SMARTS) is 1. The van der Waals surface area contributed by atoms with E-state index in [9.17, 15) is 14.3 Å². The second kappa shape index (κ2) is 10.9. The van der Waals surface area contributed by atoms with Crippen molar-refractivity contribution in [1.29, 1.82) is 0 Å². The maximum atomic E-state index is 15.0. The number of para-hydroxylation sites is 1. The summed E-state index contributed by atoms with van der Waals surface area (Å²) in [5.74, 6) is -0.801. The molecule has 0 saturated carbocycles. The Morgan fingerprint density at radius 2 is 1.96 bits per heavy atom. The molecule has 12 heteroatoms. The smallest absolute Gasteiger partial charge is 0.335 e. The fraction of sp³-hybridized carbons (Fsp3) is 0.394.